The maximum Gasteiger partial charge on any atom is 0.269 e. The van der Waals surface area contributed by atoms with Crippen LogP contribution in [0.15, 0.2) is 72.9 Å². The molecule has 2 N–H and O–H groups in total. The molecule has 0 aliphatic heterocycles. The summed E-state index contributed by atoms with van der Waals surface area (Å²) in [7, 11) is 1.59. The highest BCUT2D eigenvalue weighted by atomic mass is 16.5. The van der Waals surface area contributed by atoms with Gasteiger partial charge in [0.1, 0.15) is 11.4 Å². The van der Waals surface area contributed by atoms with Crippen molar-refractivity contribution in [2.75, 3.05) is 13.7 Å². The highest BCUT2D eigenvalue weighted by Crippen LogP contribution is 2.17. The van der Waals surface area contributed by atoms with Gasteiger partial charge in [0.2, 0.25) is 0 Å². The summed E-state index contributed by atoms with van der Waals surface area (Å²) < 4.78 is 5.29. The number of nitrogens with one attached hydrogen (secondary N) is 2. The summed E-state index contributed by atoms with van der Waals surface area (Å²) in [6, 6.07) is 20.5. The van der Waals surface area contributed by atoms with Crippen LogP contribution in [0.2, 0.25) is 0 Å². The lowest BCUT2D eigenvalue weighted by atomic mass is 10.1. The van der Waals surface area contributed by atoms with Gasteiger partial charge in [0, 0.05) is 30.4 Å². The number of hydrogen-bond donors (Lipinski definition) is 2. The summed E-state index contributed by atoms with van der Waals surface area (Å²) in [6.07, 6.45) is 2.19. The van der Waals surface area contributed by atoms with E-state index in [0.29, 0.717) is 24.4 Å². The fraction of sp³-hybridized carbons (Fsp3) is 0.174. The van der Waals surface area contributed by atoms with Crippen molar-refractivity contribution in [2.45, 2.75) is 13.0 Å². The van der Waals surface area contributed by atoms with E-state index in [1.165, 1.54) is 12.3 Å². The zero-order valence-corrected chi connectivity index (χ0v) is 16.2. The van der Waals surface area contributed by atoms with Gasteiger partial charge in [0.05, 0.1) is 7.11 Å². The molecule has 148 valence electrons. The second-order valence-electron chi connectivity index (χ2n) is 6.42. The molecule has 29 heavy (non-hydrogen) atoms. The average Bonchev–Trinajstić information content (AvgIpc) is 2.78. The molecule has 1 heterocycles. The van der Waals surface area contributed by atoms with Crippen LogP contribution in [-0.2, 0) is 13.0 Å². The lowest BCUT2D eigenvalue weighted by Crippen LogP contribution is -2.28. The molecule has 6 heteroatoms. The van der Waals surface area contributed by atoms with Gasteiger partial charge in [-0.1, -0.05) is 48.5 Å². The standard InChI is InChI=1S/C23H23N3O3/c1-29-21-10-6-5-9-19(21)16-26-22(27)18-12-14-24-20(15-18)23(28)25-13-11-17-7-3-2-4-8-17/h2-10,12,14-15H,11,13,16H2,1H3,(H,25,28)(H,26,27). The molecule has 6 nitrogen and oxygen atoms in total. The van der Waals surface area contributed by atoms with Crippen molar-refractivity contribution in [1.82, 2.24) is 15.6 Å². The van der Waals surface area contributed by atoms with Gasteiger partial charge in [-0.15, -0.1) is 0 Å². The second-order valence-corrected chi connectivity index (χ2v) is 6.42. The molecular formula is C23H23N3O3. The Morgan fingerprint density at radius 3 is 2.48 bits per heavy atom. The van der Waals surface area contributed by atoms with E-state index in [-0.39, 0.29) is 17.5 Å². The van der Waals surface area contributed by atoms with Gasteiger partial charge in [-0.3, -0.25) is 14.6 Å². The van der Waals surface area contributed by atoms with Crippen LogP contribution in [0.3, 0.4) is 0 Å². The number of nitrogens with zero attached hydrogens (tertiary/aromatic N) is 1. The van der Waals surface area contributed by atoms with Crippen LogP contribution in [0.5, 0.6) is 5.75 Å². The van der Waals surface area contributed by atoms with Crippen LogP contribution < -0.4 is 15.4 Å². The van der Waals surface area contributed by atoms with Gasteiger partial charge in [0.25, 0.3) is 11.8 Å². The van der Waals surface area contributed by atoms with Gasteiger partial charge in [-0.05, 0) is 30.2 Å². The molecule has 1 aromatic heterocycles. The number of pyridine rings is 1. The Bertz CT molecular complexity index is 974. The quantitative estimate of drug-likeness (QED) is 0.621. The number of carbonyl (C=O) groups excluding carboxylic acids is 2. The van der Waals surface area contributed by atoms with Gasteiger partial charge in [0.15, 0.2) is 0 Å². The zero-order chi connectivity index (χ0) is 20.5. The first-order valence-corrected chi connectivity index (χ1v) is 9.35. The Kier molecular flexibility index (Phi) is 6.95. The molecule has 0 radical (unpaired) electrons. The van der Waals surface area contributed by atoms with Crippen molar-refractivity contribution >= 4 is 11.8 Å². The van der Waals surface area contributed by atoms with Crippen molar-refractivity contribution in [2.24, 2.45) is 0 Å². The van der Waals surface area contributed by atoms with Crippen molar-refractivity contribution in [3.05, 3.63) is 95.3 Å². The third kappa shape index (κ3) is 5.65. The van der Waals surface area contributed by atoms with Crippen LogP contribution in [0.25, 0.3) is 0 Å². The van der Waals surface area contributed by atoms with E-state index < -0.39 is 0 Å². The molecule has 3 aromatic rings. The molecular weight excluding hydrogens is 366 g/mol. The number of para-hydroxylation sites is 1. The van der Waals surface area contributed by atoms with Crippen molar-refractivity contribution in [3.8, 4) is 5.75 Å². The maximum atomic E-state index is 12.5. The number of amides is 2. The van der Waals surface area contributed by atoms with E-state index in [2.05, 4.69) is 15.6 Å². The molecule has 2 amide bonds. The van der Waals surface area contributed by atoms with Crippen LogP contribution in [0.4, 0.5) is 0 Å². The molecule has 0 aliphatic carbocycles. The highest BCUT2D eigenvalue weighted by molar-refractivity contribution is 5.98. The predicted molar refractivity (Wildman–Crippen MR) is 111 cm³/mol. The number of methoxy groups -OCH3 is 1. The largest absolute Gasteiger partial charge is 0.496 e. The summed E-state index contributed by atoms with van der Waals surface area (Å²) in [4.78, 5) is 28.9. The normalized spacial score (nSPS) is 10.2. The van der Waals surface area contributed by atoms with E-state index >= 15 is 0 Å². The maximum absolute atomic E-state index is 12.5. The monoisotopic (exact) mass is 389 g/mol. The molecule has 0 spiro atoms. The molecule has 0 fully saturated rings. The number of benzene rings is 2. The van der Waals surface area contributed by atoms with E-state index in [1.54, 1.807) is 13.2 Å². The molecule has 0 saturated carbocycles. The van der Waals surface area contributed by atoms with Gasteiger partial charge < -0.3 is 15.4 Å². The fourth-order valence-corrected chi connectivity index (χ4v) is 2.88. The SMILES string of the molecule is COc1ccccc1CNC(=O)c1ccnc(C(=O)NCCc2ccccc2)c1. The minimum Gasteiger partial charge on any atom is -0.496 e. The highest BCUT2D eigenvalue weighted by Gasteiger charge is 2.12. The smallest absolute Gasteiger partial charge is 0.269 e. The lowest BCUT2D eigenvalue weighted by Gasteiger charge is -2.10. The van der Waals surface area contributed by atoms with E-state index in [0.717, 1.165) is 17.5 Å². The fourth-order valence-electron chi connectivity index (χ4n) is 2.88. The van der Waals surface area contributed by atoms with Crippen LogP contribution in [-0.4, -0.2) is 30.5 Å². The van der Waals surface area contributed by atoms with E-state index in [1.807, 2.05) is 54.6 Å². The van der Waals surface area contributed by atoms with Crippen LogP contribution in [0, 0.1) is 0 Å². The zero-order valence-electron chi connectivity index (χ0n) is 16.2. The summed E-state index contributed by atoms with van der Waals surface area (Å²) in [5.74, 6) is 0.123. The minimum atomic E-state index is -0.305. The number of carbonyl (C=O) groups is 2. The van der Waals surface area contributed by atoms with Gasteiger partial charge >= 0.3 is 0 Å². The second kappa shape index (κ2) is 10.0. The topological polar surface area (TPSA) is 80.3 Å². The lowest BCUT2D eigenvalue weighted by molar-refractivity contribution is 0.0949. The first-order chi connectivity index (χ1) is 14.2. The summed E-state index contributed by atoms with van der Waals surface area (Å²) in [5, 5.41) is 5.68. The van der Waals surface area contributed by atoms with Crippen molar-refractivity contribution < 1.29 is 14.3 Å². The third-order valence-electron chi connectivity index (χ3n) is 4.43. The van der Waals surface area contributed by atoms with Crippen molar-refractivity contribution in [1.29, 1.82) is 0 Å². The van der Waals surface area contributed by atoms with Crippen LogP contribution in [0.1, 0.15) is 32.0 Å². The number of hydrogen-bond acceptors (Lipinski definition) is 4. The Labute approximate surface area is 169 Å². The molecule has 0 unspecified atom stereocenters. The molecule has 0 saturated heterocycles. The summed E-state index contributed by atoms with van der Waals surface area (Å²) in [5.41, 5.74) is 2.60. The van der Waals surface area contributed by atoms with Crippen molar-refractivity contribution in [3.63, 3.8) is 0 Å². The first kappa shape index (κ1) is 20.1. The Hall–Kier alpha value is -3.67. The first-order valence-electron chi connectivity index (χ1n) is 9.35. The van der Waals surface area contributed by atoms with E-state index in [4.69, 9.17) is 4.74 Å². The Balaban J connectivity index is 1.56. The van der Waals surface area contributed by atoms with Gasteiger partial charge in [-0.25, -0.2) is 0 Å². The minimum absolute atomic E-state index is 0.211. The molecule has 0 aliphatic rings. The molecule has 2 aromatic carbocycles. The van der Waals surface area contributed by atoms with E-state index in [9.17, 15) is 9.59 Å². The Morgan fingerprint density at radius 2 is 1.69 bits per heavy atom. The predicted octanol–water partition coefficient (Wildman–Crippen LogP) is 2.99. The number of ether oxygens (including phenoxy) is 1. The third-order valence-corrected chi connectivity index (χ3v) is 4.43. The molecule has 0 bridgehead atoms. The Morgan fingerprint density at radius 1 is 0.931 bits per heavy atom. The van der Waals surface area contributed by atoms with Gasteiger partial charge in [-0.2, -0.15) is 0 Å². The summed E-state index contributed by atoms with van der Waals surface area (Å²) in [6.45, 7) is 0.818. The molecule has 0 atom stereocenters. The molecule has 3 rings (SSSR count). The van der Waals surface area contributed by atoms with Crippen LogP contribution >= 0.6 is 0 Å². The number of rotatable bonds is 8. The summed E-state index contributed by atoms with van der Waals surface area (Å²) >= 11 is 0. The number of aromatic nitrogens is 1. The average molecular weight is 389 g/mol.